The molecule has 0 saturated carbocycles. The van der Waals surface area contributed by atoms with Crippen LogP contribution in [-0.2, 0) is 16.6 Å². The monoisotopic (exact) mass is 510 g/mol. The fourth-order valence-corrected chi connectivity index (χ4v) is 7.16. The summed E-state index contributed by atoms with van der Waals surface area (Å²) >= 11 is 6.07. The van der Waals surface area contributed by atoms with E-state index in [1.54, 1.807) is 6.92 Å². The highest BCUT2D eigenvalue weighted by atomic mass is 35.5. The molecule has 35 heavy (non-hydrogen) atoms. The van der Waals surface area contributed by atoms with E-state index >= 15 is 0 Å². The molecule has 1 fully saturated rings. The Bertz CT molecular complexity index is 1490. The maximum Gasteiger partial charge on any atom is 0.243 e. The van der Waals surface area contributed by atoms with Gasteiger partial charge in [-0.15, -0.1) is 0 Å². The molecule has 0 radical (unpaired) electrons. The summed E-state index contributed by atoms with van der Waals surface area (Å²) in [5.74, 6) is -0.278. The molecule has 0 bridgehead atoms. The third-order valence-corrected chi connectivity index (χ3v) is 9.46. The Kier molecular flexibility index (Phi) is 6.47. The van der Waals surface area contributed by atoms with Crippen LogP contribution in [0.4, 0.5) is 4.39 Å². The van der Waals surface area contributed by atoms with E-state index in [-0.39, 0.29) is 10.8 Å². The zero-order chi connectivity index (χ0) is 24.7. The van der Waals surface area contributed by atoms with Gasteiger partial charge in [-0.2, -0.15) is 4.31 Å². The van der Waals surface area contributed by atoms with Crippen molar-refractivity contribution in [3.63, 3.8) is 0 Å². The van der Waals surface area contributed by atoms with Crippen LogP contribution in [0.2, 0.25) is 5.02 Å². The molecule has 0 amide bonds. The van der Waals surface area contributed by atoms with Gasteiger partial charge in [0.2, 0.25) is 10.0 Å². The summed E-state index contributed by atoms with van der Waals surface area (Å²) in [6.45, 7) is 5.44. The number of sulfonamides is 1. The number of piperidine rings is 1. The molecule has 7 heteroatoms. The van der Waals surface area contributed by atoms with E-state index in [0.717, 1.165) is 30.5 Å². The molecule has 0 aliphatic carbocycles. The topological polar surface area (TPSA) is 42.3 Å². The maximum absolute atomic E-state index is 13.8. The first kappa shape index (κ1) is 24.0. The number of para-hydroxylation sites is 1. The minimum Gasteiger partial charge on any atom is -0.340 e. The molecule has 1 aliphatic heterocycles. The lowest BCUT2D eigenvalue weighted by Crippen LogP contribution is -2.38. The maximum atomic E-state index is 13.8. The summed E-state index contributed by atoms with van der Waals surface area (Å²) in [6.07, 6.45) is 1.45. The summed E-state index contributed by atoms with van der Waals surface area (Å²) in [5, 5.41) is 1.94. The first-order valence-electron chi connectivity index (χ1n) is 11.8. The Labute approximate surface area is 211 Å². The van der Waals surface area contributed by atoms with Gasteiger partial charge >= 0.3 is 0 Å². The van der Waals surface area contributed by atoms with Crippen LogP contribution in [0, 0.1) is 19.7 Å². The zero-order valence-electron chi connectivity index (χ0n) is 19.8. The van der Waals surface area contributed by atoms with E-state index in [1.807, 2.05) is 24.3 Å². The van der Waals surface area contributed by atoms with Crippen molar-refractivity contribution in [2.24, 2.45) is 0 Å². The van der Waals surface area contributed by atoms with Gasteiger partial charge in [0.15, 0.2) is 0 Å². The van der Waals surface area contributed by atoms with Crippen molar-refractivity contribution in [1.29, 1.82) is 0 Å². The fraction of sp³-hybridized carbons (Fsp3) is 0.286. The minimum atomic E-state index is -3.74. The number of aromatic nitrogens is 1. The number of fused-ring (bicyclic) bond motifs is 1. The lowest BCUT2D eigenvalue weighted by Gasteiger charge is -2.32. The summed E-state index contributed by atoms with van der Waals surface area (Å²) in [7, 11) is -3.74. The van der Waals surface area contributed by atoms with Crippen LogP contribution in [0.3, 0.4) is 0 Å². The van der Waals surface area contributed by atoms with Crippen LogP contribution in [0.15, 0.2) is 71.6 Å². The highest BCUT2D eigenvalue weighted by Gasteiger charge is 2.33. The Balaban J connectivity index is 1.43. The standard InChI is InChI=1S/C28H28ClFN2O2S/c1-19-7-12-24(30)17-27(19)35(33,34)31-15-13-22(14-16-31)28-20(2)32(26-6-4-3-5-25(26)28)18-21-8-10-23(29)11-9-21/h3-12,17,22H,13-16,18H2,1-2H3. The van der Waals surface area contributed by atoms with Crippen LogP contribution >= 0.6 is 11.6 Å². The van der Waals surface area contributed by atoms with Gasteiger partial charge in [0.1, 0.15) is 5.82 Å². The number of rotatable bonds is 5. The van der Waals surface area contributed by atoms with Crippen LogP contribution in [0.5, 0.6) is 0 Å². The van der Waals surface area contributed by atoms with E-state index in [1.165, 1.54) is 44.2 Å². The third kappa shape index (κ3) is 4.51. The van der Waals surface area contributed by atoms with Crippen LogP contribution in [0.1, 0.15) is 41.1 Å². The van der Waals surface area contributed by atoms with Gasteiger partial charge < -0.3 is 4.57 Å². The van der Waals surface area contributed by atoms with Gasteiger partial charge in [-0.25, -0.2) is 12.8 Å². The van der Waals surface area contributed by atoms with Crippen molar-refractivity contribution in [2.75, 3.05) is 13.1 Å². The average Bonchev–Trinajstić information content (AvgIpc) is 3.13. The van der Waals surface area contributed by atoms with Crippen molar-refractivity contribution in [3.05, 3.63) is 100.0 Å². The molecule has 182 valence electrons. The Morgan fingerprint density at radius 2 is 1.66 bits per heavy atom. The number of hydrogen-bond acceptors (Lipinski definition) is 2. The molecule has 3 aromatic carbocycles. The van der Waals surface area contributed by atoms with Crippen LogP contribution < -0.4 is 0 Å². The third-order valence-electron chi connectivity index (χ3n) is 7.16. The van der Waals surface area contributed by atoms with E-state index in [2.05, 4.69) is 35.8 Å². The molecule has 1 saturated heterocycles. The van der Waals surface area contributed by atoms with Crippen LogP contribution in [0.25, 0.3) is 10.9 Å². The van der Waals surface area contributed by atoms with Gasteiger partial charge in [-0.05, 0) is 79.6 Å². The number of nitrogens with zero attached hydrogens (tertiary/aromatic N) is 2. The SMILES string of the molecule is Cc1ccc(F)cc1S(=O)(=O)N1CCC(c2c(C)n(Cc3ccc(Cl)cc3)c3ccccc23)CC1. The van der Waals surface area contributed by atoms with Gasteiger partial charge in [0.25, 0.3) is 0 Å². The largest absolute Gasteiger partial charge is 0.340 e. The number of halogens is 2. The fourth-order valence-electron chi connectivity index (χ4n) is 5.32. The second-order valence-corrected chi connectivity index (χ2v) is 11.7. The van der Waals surface area contributed by atoms with Crippen molar-refractivity contribution >= 4 is 32.5 Å². The molecule has 1 aromatic heterocycles. The molecule has 0 unspecified atom stereocenters. The lowest BCUT2D eigenvalue weighted by atomic mass is 9.88. The Hall–Kier alpha value is -2.67. The first-order valence-corrected chi connectivity index (χ1v) is 13.7. The predicted octanol–water partition coefficient (Wildman–Crippen LogP) is 6.67. The number of aryl methyl sites for hydroxylation is 1. The number of benzene rings is 3. The molecule has 0 atom stereocenters. The molecule has 4 nitrogen and oxygen atoms in total. The van der Waals surface area contributed by atoms with Gasteiger partial charge in [0.05, 0.1) is 4.90 Å². The molecular formula is C28H28ClFN2O2S. The smallest absolute Gasteiger partial charge is 0.243 e. The molecule has 4 aromatic rings. The van der Waals surface area contributed by atoms with Gasteiger partial charge in [0, 0.05) is 41.3 Å². The summed E-state index contributed by atoms with van der Waals surface area (Å²) in [4.78, 5) is 0.0618. The quantitative estimate of drug-likeness (QED) is 0.301. The molecule has 1 aliphatic rings. The highest BCUT2D eigenvalue weighted by Crippen LogP contribution is 2.39. The first-order chi connectivity index (χ1) is 16.8. The normalized spacial score (nSPS) is 15.7. The van der Waals surface area contributed by atoms with Crippen molar-refractivity contribution < 1.29 is 12.8 Å². The summed E-state index contributed by atoms with van der Waals surface area (Å²) < 4.78 is 44.2. The van der Waals surface area contributed by atoms with E-state index in [0.29, 0.717) is 18.7 Å². The summed E-state index contributed by atoms with van der Waals surface area (Å²) in [6, 6.07) is 20.3. The molecule has 0 spiro atoms. The highest BCUT2D eigenvalue weighted by molar-refractivity contribution is 7.89. The lowest BCUT2D eigenvalue weighted by molar-refractivity contribution is 0.319. The van der Waals surface area contributed by atoms with Crippen molar-refractivity contribution in [3.8, 4) is 0 Å². The van der Waals surface area contributed by atoms with E-state index < -0.39 is 15.8 Å². The zero-order valence-corrected chi connectivity index (χ0v) is 21.4. The second-order valence-electron chi connectivity index (χ2n) is 9.32. The van der Waals surface area contributed by atoms with Gasteiger partial charge in [-0.1, -0.05) is 48.0 Å². The van der Waals surface area contributed by atoms with Crippen LogP contribution in [-0.4, -0.2) is 30.4 Å². The molecular weight excluding hydrogens is 483 g/mol. The Morgan fingerprint density at radius 3 is 2.37 bits per heavy atom. The molecule has 5 rings (SSSR count). The molecule has 2 heterocycles. The van der Waals surface area contributed by atoms with Gasteiger partial charge in [-0.3, -0.25) is 0 Å². The number of hydrogen-bond donors (Lipinski definition) is 0. The average molecular weight is 511 g/mol. The summed E-state index contributed by atoms with van der Waals surface area (Å²) in [5.41, 5.74) is 5.43. The molecule has 0 N–H and O–H groups in total. The minimum absolute atomic E-state index is 0.0618. The Morgan fingerprint density at radius 1 is 0.971 bits per heavy atom. The van der Waals surface area contributed by atoms with Crippen molar-refractivity contribution in [2.45, 2.75) is 44.0 Å². The van der Waals surface area contributed by atoms with Crippen molar-refractivity contribution in [1.82, 2.24) is 8.87 Å². The second kappa shape index (κ2) is 9.41. The predicted molar refractivity (Wildman–Crippen MR) is 139 cm³/mol. The van der Waals surface area contributed by atoms with E-state index in [4.69, 9.17) is 11.6 Å². The van der Waals surface area contributed by atoms with E-state index in [9.17, 15) is 12.8 Å².